The lowest BCUT2D eigenvalue weighted by atomic mass is 10.00. The highest BCUT2D eigenvalue weighted by molar-refractivity contribution is 6.02. The average molecular weight is 594 g/mol. The Hall–Kier alpha value is -4.45. The minimum atomic E-state index is -1.26. The van der Waals surface area contributed by atoms with Gasteiger partial charge in [-0.1, -0.05) is 12.1 Å². The van der Waals surface area contributed by atoms with Crippen LogP contribution in [0.5, 0.6) is 5.75 Å². The Balaban J connectivity index is 1.57. The van der Waals surface area contributed by atoms with Gasteiger partial charge in [0.05, 0.1) is 18.3 Å². The number of anilines is 1. The number of aliphatic hydroxyl groups excluding tert-OH is 1. The SMILES string of the molecule is Cc1ccc2c(c1)N(CC(=O)N1CC(=O)NCCCc3cc(ccc3C)C(=O)N[C@@H]([C@@H](C)O)C(=O)N[C@H](C)C1)C(=O)CO2. The average Bonchev–Trinajstić information content (AvgIpc) is 2.95. The topological polar surface area (TPSA) is 157 Å². The van der Waals surface area contributed by atoms with Crippen molar-refractivity contribution >= 4 is 35.2 Å². The van der Waals surface area contributed by atoms with Crippen molar-refractivity contribution in [3.63, 3.8) is 0 Å². The fraction of sp³-hybridized carbons (Fsp3) is 0.452. The van der Waals surface area contributed by atoms with E-state index in [9.17, 15) is 29.1 Å². The largest absolute Gasteiger partial charge is 0.482 e. The van der Waals surface area contributed by atoms with Crippen LogP contribution in [-0.2, 0) is 25.6 Å². The molecule has 0 fully saturated rings. The molecule has 4 N–H and O–H groups in total. The summed E-state index contributed by atoms with van der Waals surface area (Å²) in [5.41, 5.74) is 3.60. The van der Waals surface area contributed by atoms with Gasteiger partial charge in [0, 0.05) is 24.7 Å². The van der Waals surface area contributed by atoms with Crippen LogP contribution in [0.4, 0.5) is 5.69 Å². The van der Waals surface area contributed by atoms with Gasteiger partial charge in [0.25, 0.3) is 11.8 Å². The van der Waals surface area contributed by atoms with Crippen LogP contribution in [0.25, 0.3) is 0 Å². The summed E-state index contributed by atoms with van der Waals surface area (Å²) in [6, 6.07) is 8.64. The molecular formula is C31H39N5O7. The summed E-state index contributed by atoms with van der Waals surface area (Å²) in [4.78, 5) is 68.2. The monoisotopic (exact) mass is 593 g/mol. The Morgan fingerprint density at radius 1 is 1.09 bits per heavy atom. The normalized spacial score (nSPS) is 21.0. The number of rotatable bonds is 3. The number of carbonyl (C=O) groups is 5. The number of aryl methyl sites for hydroxylation is 3. The Bertz CT molecular complexity index is 1410. The Morgan fingerprint density at radius 2 is 1.86 bits per heavy atom. The summed E-state index contributed by atoms with van der Waals surface area (Å²) in [6.07, 6.45) is -0.0235. The maximum absolute atomic E-state index is 13.6. The molecule has 0 aromatic heterocycles. The van der Waals surface area contributed by atoms with Crippen LogP contribution in [0.1, 0.15) is 47.3 Å². The van der Waals surface area contributed by atoms with Crippen LogP contribution in [0, 0.1) is 13.8 Å². The second-order valence-corrected chi connectivity index (χ2v) is 11.2. The van der Waals surface area contributed by atoms with E-state index in [0.29, 0.717) is 36.4 Å². The van der Waals surface area contributed by atoms with E-state index in [2.05, 4.69) is 16.0 Å². The van der Waals surface area contributed by atoms with Gasteiger partial charge in [-0.15, -0.1) is 0 Å². The minimum Gasteiger partial charge on any atom is -0.482 e. The van der Waals surface area contributed by atoms with Crippen molar-refractivity contribution in [2.75, 3.05) is 37.7 Å². The number of nitrogens with one attached hydrogen (secondary N) is 3. The molecular weight excluding hydrogens is 554 g/mol. The number of carbonyl (C=O) groups excluding carboxylic acids is 5. The van der Waals surface area contributed by atoms with Gasteiger partial charge < -0.3 is 30.7 Å². The predicted octanol–water partition coefficient (Wildman–Crippen LogP) is 0.604. The molecule has 0 radical (unpaired) electrons. The molecule has 2 heterocycles. The van der Waals surface area contributed by atoms with Crippen molar-refractivity contribution in [3.05, 3.63) is 58.7 Å². The molecule has 2 aliphatic rings. The standard InChI is InChI=1S/C31H39N5O7/c1-18-7-10-25-24(12-18)36(28(40)17-43-25)16-27(39)35-14-20(3)33-31(42)29(21(4)37)34-30(41)23-9-8-19(2)22(13-23)6-5-11-32-26(38)15-35/h7-10,12-13,20-21,29,37H,5-6,11,14-17H2,1-4H3,(H,32,38)(H,33,42)(H,34,41)/t20-,21-,29+/m1/s1. The zero-order valence-electron chi connectivity index (χ0n) is 24.9. The van der Waals surface area contributed by atoms with Crippen LogP contribution in [0.2, 0.25) is 0 Å². The van der Waals surface area contributed by atoms with Gasteiger partial charge in [0.15, 0.2) is 6.61 Å². The van der Waals surface area contributed by atoms with Gasteiger partial charge in [-0.05, 0) is 81.5 Å². The van der Waals surface area contributed by atoms with Crippen molar-refractivity contribution in [2.24, 2.45) is 0 Å². The molecule has 230 valence electrons. The molecule has 2 bridgehead atoms. The third-order valence-corrected chi connectivity index (χ3v) is 7.53. The first-order valence-electron chi connectivity index (χ1n) is 14.4. The van der Waals surface area contributed by atoms with Gasteiger partial charge in [0.2, 0.25) is 17.7 Å². The number of benzene rings is 2. The maximum atomic E-state index is 13.6. The van der Waals surface area contributed by atoms with Gasteiger partial charge in [-0.25, -0.2) is 0 Å². The molecule has 3 atom stereocenters. The number of hydrogen-bond acceptors (Lipinski definition) is 7. The van der Waals surface area contributed by atoms with Crippen LogP contribution in [0.15, 0.2) is 36.4 Å². The van der Waals surface area contributed by atoms with Crippen molar-refractivity contribution in [1.82, 2.24) is 20.9 Å². The van der Waals surface area contributed by atoms with Crippen LogP contribution >= 0.6 is 0 Å². The number of fused-ring (bicyclic) bond motifs is 3. The van der Waals surface area contributed by atoms with Gasteiger partial charge in [-0.3, -0.25) is 28.9 Å². The van der Waals surface area contributed by atoms with E-state index in [1.54, 1.807) is 31.2 Å². The summed E-state index contributed by atoms with van der Waals surface area (Å²) in [5, 5.41) is 18.5. The molecule has 0 unspecified atom stereocenters. The summed E-state index contributed by atoms with van der Waals surface area (Å²) < 4.78 is 5.52. The molecule has 43 heavy (non-hydrogen) atoms. The Kier molecular flexibility index (Phi) is 10.0. The first-order chi connectivity index (χ1) is 20.4. The number of hydrogen-bond donors (Lipinski definition) is 4. The van der Waals surface area contributed by atoms with Crippen molar-refractivity contribution < 1.29 is 33.8 Å². The quantitative estimate of drug-likeness (QED) is 0.406. The van der Waals surface area contributed by atoms with Crippen molar-refractivity contribution in [2.45, 2.75) is 58.7 Å². The Morgan fingerprint density at radius 3 is 2.60 bits per heavy atom. The smallest absolute Gasteiger partial charge is 0.265 e. The van der Waals surface area contributed by atoms with Gasteiger partial charge >= 0.3 is 0 Å². The molecule has 0 saturated heterocycles. The summed E-state index contributed by atoms with van der Waals surface area (Å²) in [6.45, 7) is 6.30. The van der Waals surface area contributed by atoms with E-state index in [4.69, 9.17) is 4.74 Å². The second kappa shape index (κ2) is 13.7. The number of nitrogens with zero attached hydrogens (tertiary/aromatic N) is 2. The van der Waals surface area contributed by atoms with Crippen LogP contribution in [0.3, 0.4) is 0 Å². The first-order valence-corrected chi connectivity index (χ1v) is 14.4. The molecule has 2 aliphatic heterocycles. The molecule has 0 aliphatic carbocycles. The van der Waals surface area contributed by atoms with Crippen molar-refractivity contribution in [1.29, 1.82) is 0 Å². The molecule has 2 aromatic rings. The van der Waals surface area contributed by atoms with E-state index in [1.807, 2.05) is 26.0 Å². The van der Waals surface area contributed by atoms with E-state index < -0.39 is 41.8 Å². The third-order valence-electron chi connectivity index (χ3n) is 7.53. The highest BCUT2D eigenvalue weighted by Gasteiger charge is 2.32. The second-order valence-electron chi connectivity index (χ2n) is 11.2. The maximum Gasteiger partial charge on any atom is 0.265 e. The highest BCUT2D eigenvalue weighted by atomic mass is 16.5. The van der Waals surface area contributed by atoms with Crippen LogP contribution in [-0.4, -0.2) is 90.5 Å². The fourth-order valence-electron chi connectivity index (χ4n) is 5.13. The summed E-state index contributed by atoms with van der Waals surface area (Å²) >= 11 is 0. The Labute approximate surface area is 250 Å². The molecule has 0 saturated carbocycles. The summed E-state index contributed by atoms with van der Waals surface area (Å²) in [7, 11) is 0. The van der Waals surface area contributed by atoms with Gasteiger partial charge in [0.1, 0.15) is 18.3 Å². The number of ether oxygens (including phenoxy) is 1. The molecule has 2 aromatic carbocycles. The molecule has 4 rings (SSSR count). The zero-order valence-corrected chi connectivity index (χ0v) is 24.9. The fourth-order valence-corrected chi connectivity index (χ4v) is 5.13. The zero-order chi connectivity index (χ0) is 31.3. The molecule has 12 nitrogen and oxygen atoms in total. The predicted molar refractivity (Wildman–Crippen MR) is 159 cm³/mol. The van der Waals surface area contributed by atoms with Crippen LogP contribution < -0.4 is 25.6 Å². The third kappa shape index (κ3) is 7.89. The molecule has 5 amide bonds. The summed E-state index contributed by atoms with van der Waals surface area (Å²) in [5.74, 6) is -1.94. The van der Waals surface area contributed by atoms with E-state index >= 15 is 0 Å². The van der Waals surface area contributed by atoms with E-state index in [1.165, 1.54) is 16.7 Å². The highest BCUT2D eigenvalue weighted by Crippen LogP contribution is 2.32. The van der Waals surface area contributed by atoms with E-state index in [-0.39, 0.29) is 32.1 Å². The van der Waals surface area contributed by atoms with Gasteiger partial charge in [-0.2, -0.15) is 0 Å². The minimum absolute atomic E-state index is 0.0579. The van der Waals surface area contributed by atoms with E-state index in [0.717, 1.165) is 16.7 Å². The molecule has 0 spiro atoms. The molecule has 12 heteroatoms. The lowest BCUT2D eigenvalue weighted by molar-refractivity contribution is -0.136. The lowest BCUT2D eigenvalue weighted by Gasteiger charge is -2.32. The first kappa shape index (κ1) is 31.5. The van der Waals surface area contributed by atoms with Crippen molar-refractivity contribution in [3.8, 4) is 5.75 Å². The number of aliphatic hydroxyl groups is 1. The number of amides is 5. The lowest BCUT2D eigenvalue weighted by Crippen LogP contribution is -2.57.